The van der Waals surface area contributed by atoms with Gasteiger partial charge in [0.25, 0.3) is 0 Å². The summed E-state index contributed by atoms with van der Waals surface area (Å²) in [5.41, 5.74) is 2.40. The first-order valence-corrected chi connectivity index (χ1v) is 17.7. The van der Waals surface area contributed by atoms with Gasteiger partial charge in [0.2, 0.25) is 0 Å². The lowest BCUT2D eigenvalue weighted by Crippen LogP contribution is -2.53. The summed E-state index contributed by atoms with van der Waals surface area (Å²) in [4.78, 5) is 34.7. The second-order valence-corrected chi connectivity index (χ2v) is 13.6. The van der Waals surface area contributed by atoms with Crippen LogP contribution in [0.1, 0.15) is 45.8 Å². The second kappa shape index (κ2) is 16.8. The van der Waals surface area contributed by atoms with Crippen LogP contribution in [0.2, 0.25) is 10.0 Å². The van der Waals surface area contributed by atoms with E-state index in [2.05, 4.69) is 9.88 Å². The van der Waals surface area contributed by atoms with Crippen LogP contribution in [0.3, 0.4) is 0 Å². The molecule has 3 aliphatic rings. The quantitative estimate of drug-likeness (QED) is 0.126. The van der Waals surface area contributed by atoms with E-state index < -0.39 is 17.9 Å². The summed E-state index contributed by atoms with van der Waals surface area (Å²) in [5.74, 6) is 0.0157. The number of aromatic nitrogens is 1. The molecule has 0 spiro atoms. The van der Waals surface area contributed by atoms with E-state index in [-0.39, 0.29) is 42.5 Å². The number of hydrogen-bond acceptors (Lipinski definition) is 9. The molecule has 2 atom stereocenters. The second-order valence-electron chi connectivity index (χ2n) is 12.8. The van der Waals surface area contributed by atoms with Gasteiger partial charge in [0, 0.05) is 24.9 Å². The Balaban J connectivity index is 1.19. The van der Waals surface area contributed by atoms with E-state index in [9.17, 15) is 9.59 Å². The molecule has 3 fully saturated rings. The first-order valence-electron chi connectivity index (χ1n) is 17.0. The molecule has 2 bridgehead atoms. The first-order chi connectivity index (χ1) is 25.2. The molecule has 0 saturated carbocycles. The van der Waals surface area contributed by atoms with Crippen LogP contribution < -0.4 is 19.1 Å². The SMILES string of the molecule is COc1ccc([C@@H](COC(=O)c2ccc(CN(C(=O)O[C@H]3CN4CCC3CC4)c3c(F)cccc3OC)cc2)Cc2c(Cl)cncc2Cl)cc1OC. The van der Waals surface area contributed by atoms with Crippen molar-refractivity contribution in [2.45, 2.75) is 37.8 Å². The van der Waals surface area contributed by atoms with Crippen LogP contribution in [0.4, 0.5) is 14.9 Å². The number of nitrogens with zero attached hydrogens (tertiary/aromatic N) is 3. The highest BCUT2D eigenvalue weighted by atomic mass is 35.5. The molecule has 52 heavy (non-hydrogen) atoms. The predicted molar refractivity (Wildman–Crippen MR) is 196 cm³/mol. The average Bonchev–Trinajstić information content (AvgIpc) is 3.17. The maximum Gasteiger partial charge on any atom is 0.415 e. The van der Waals surface area contributed by atoms with Crippen LogP contribution in [0.5, 0.6) is 17.2 Å². The summed E-state index contributed by atoms with van der Waals surface area (Å²) < 4.78 is 43.6. The summed E-state index contributed by atoms with van der Waals surface area (Å²) in [6, 6.07) is 16.5. The molecule has 0 radical (unpaired) electrons. The summed E-state index contributed by atoms with van der Waals surface area (Å²) >= 11 is 12.9. The van der Waals surface area contributed by atoms with E-state index in [1.165, 1.54) is 36.5 Å². The van der Waals surface area contributed by atoms with Gasteiger partial charge in [-0.1, -0.05) is 47.5 Å². The van der Waals surface area contributed by atoms with Crippen LogP contribution in [-0.2, 0) is 22.4 Å². The van der Waals surface area contributed by atoms with Gasteiger partial charge in [0.1, 0.15) is 17.5 Å². The zero-order valence-corrected chi connectivity index (χ0v) is 30.7. The number of halogens is 3. The Bertz CT molecular complexity index is 1870. The lowest BCUT2D eigenvalue weighted by Gasteiger charge is -2.44. The van der Waals surface area contributed by atoms with Crippen molar-refractivity contribution in [1.29, 1.82) is 0 Å². The van der Waals surface area contributed by atoms with E-state index in [1.54, 1.807) is 50.6 Å². The largest absolute Gasteiger partial charge is 0.494 e. The monoisotopic (exact) mass is 751 g/mol. The highest BCUT2D eigenvalue weighted by Gasteiger charge is 2.38. The highest BCUT2D eigenvalue weighted by molar-refractivity contribution is 6.35. The number of carbonyl (C=O) groups excluding carboxylic acids is 2. The third-order valence-electron chi connectivity index (χ3n) is 9.74. The van der Waals surface area contributed by atoms with Crippen LogP contribution in [-0.4, -0.2) is 75.6 Å². The minimum atomic E-state index is -0.666. The lowest BCUT2D eigenvalue weighted by molar-refractivity contribution is -0.0312. The van der Waals surface area contributed by atoms with E-state index in [0.29, 0.717) is 51.2 Å². The van der Waals surface area contributed by atoms with Crippen LogP contribution in [0, 0.1) is 11.7 Å². The van der Waals surface area contributed by atoms with Gasteiger partial charge in [-0.05, 0) is 91.4 Å². The summed E-state index contributed by atoms with van der Waals surface area (Å²) in [7, 11) is 4.52. The molecule has 4 aromatic rings. The third kappa shape index (κ3) is 8.38. The standard InChI is InChI=1S/C39H40Cl2FN3O7/c1-48-33-12-11-27(18-35(33)50-3)28(17-29-30(40)19-43-20-31(29)41)23-51-38(46)26-9-7-24(8-10-26)21-45(37-32(42)5-4-6-34(37)49-2)39(47)52-36-22-44-15-13-25(36)14-16-44/h4-12,18-20,25,28,36H,13-17,21-23H2,1-3H3/t28-,36+/m1/s1. The number of anilines is 1. The van der Waals surface area contributed by atoms with Crippen molar-refractivity contribution in [1.82, 2.24) is 9.88 Å². The normalized spacial score (nSPS) is 18.3. The van der Waals surface area contributed by atoms with Gasteiger partial charge >= 0.3 is 12.1 Å². The number of piperidine rings is 3. The van der Waals surface area contributed by atoms with Crippen molar-refractivity contribution < 1.29 is 37.7 Å². The number of fused-ring (bicyclic) bond motifs is 3. The zero-order valence-electron chi connectivity index (χ0n) is 29.2. The van der Waals surface area contributed by atoms with Crippen molar-refractivity contribution in [3.8, 4) is 17.2 Å². The Kier molecular flexibility index (Phi) is 12.0. The van der Waals surface area contributed by atoms with Gasteiger partial charge in [0.05, 0.1) is 50.1 Å². The van der Waals surface area contributed by atoms with Crippen molar-refractivity contribution in [3.05, 3.63) is 111 Å². The van der Waals surface area contributed by atoms with Crippen LogP contribution >= 0.6 is 23.2 Å². The Morgan fingerprint density at radius 2 is 1.62 bits per heavy atom. The number of amides is 1. The first kappa shape index (κ1) is 37.2. The fraction of sp³-hybridized carbons (Fsp3) is 0.359. The van der Waals surface area contributed by atoms with Crippen molar-refractivity contribution >= 4 is 41.0 Å². The van der Waals surface area contributed by atoms with E-state index >= 15 is 4.39 Å². The number of carbonyl (C=O) groups is 2. The molecule has 3 aliphatic heterocycles. The van der Waals surface area contributed by atoms with Crippen molar-refractivity contribution in [2.24, 2.45) is 5.92 Å². The van der Waals surface area contributed by atoms with Crippen LogP contribution in [0.25, 0.3) is 0 Å². The molecule has 13 heteroatoms. The zero-order chi connectivity index (χ0) is 36.8. The van der Waals surface area contributed by atoms with Gasteiger partial charge in [-0.25, -0.2) is 14.0 Å². The molecule has 1 aromatic heterocycles. The van der Waals surface area contributed by atoms with Gasteiger partial charge < -0.3 is 23.7 Å². The number of hydrogen-bond donors (Lipinski definition) is 0. The Hall–Kier alpha value is -4.58. The number of esters is 1. The number of benzene rings is 3. The molecule has 1 amide bonds. The molecular weight excluding hydrogens is 712 g/mol. The molecule has 7 rings (SSSR count). The molecule has 3 aromatic carbocycles. The maximum atomic E-state index is 15.4. The van der Waals surface area contributed by atoms with Crippen molar-refractivity contribution in [2.75, 3.05) is 52.5 Å². The van der Waals surface area contributed by atoms with Crippen LogP contribution in [0.15, 0.2) is 73.1 Å². The average molecular weight is 753 g/mol. The third-order valence-corrected chi connectivity index (χ3v) is 10.4. The Labute approximate surface area is 312 Å². The number of rotatable bonds is 13. The Morgan fingerprint density at radius 3 is 2.25 bits per heavy atom. The van der Waals surface area contributed by atoms with E-state index in [0.717, 1.165) is 31.5 Å². The summed E-state index contributed by atoms with van der Waals surface area (Å²) in [6.45, 7) is 2.61. The number of pyridine rings is 1. The molecule has 4 heterocycles. The summed E-state index contributed by atoms with van der Waals surface area (Å²) in [5, 5.41) is 0.796. The topological polar surface area (TPSA) is 99.7 Å². The predicted octanol–water partition coefficient (Wildman–Crippen LogP) is 7.97. The molecule has 10 nitrogen and oxygen atoms in total. The van der Waals surface area contributed by atoms with E-state index in [1.807, 2.05) is 12.1 Å². The fourth-order valence-corrected chi connectivity index (χ4v) is 7.36. The van der Waals surface area contributed by atoms with Gasteiger partial charge in [-0.15, -0.1) is 0 Å². The van der Waals surface area contributed by atoms with Gasteiger partial charge in [-0.3, -0.25) is 14.8 Å². The fourth-order valence-electron chi connectivity index (χ4n) is 6.84. The molecular formula is C39H40Cl2FN3O7. The number of para-hydroxylation sites is 1. The maximum absolute atomic E-state index is 15.4. The lowest BCUT2D eigenvalue weighted by atomic mass is 9.86. The van der Waals surface area contributed by atoms with E-state index in [4.69, 9.17) is 46.9 Å². The summed E-state index contributed by atoms with van der Waals surface area (Å²) in [6.07, 6.45) is 4.36. The molecule has 0 unspecified atom stereocenters. The minimum Gasteiger partial charge on any atom is -0.494 e. The number of methoxy groups -OCH3 is 3. The molecule has 3 saturated heterocycles. The molecule has 0 aliphatic carbocycles. The van der Waals surface area contributed by atoms with Gasteiger partial charge in [-0.2, -0.15) is 0 Å². The van der Waals surface area contributed by atoms with Gasteiger partial charge in [0.15, 0.2) is 17.3 Å². The Morgan fingerprint density at radius 1 is 0.923 bits per heavy atom. The smallest absolute Gasteiger partial charge is 0.415 e. The van der Waals surface area contributed by atoms with Crippen molar-refractivity contribution in [3.63, 3.8) is 0 Å². The molecule has 274 valence electrons. The molecule has 0 N–H and O–H groups in total. The number of ether oxygens (including phenoxy) is 5. The minimum absolute atomic E-state index is 0.00264. The highest BCUT2D eigenvalue weighted by Crippen LogP contribution is 2.37.